The number of amides is 1. The lowest BCUT2D eigenvalue weighted by Crippen LogP contribution is -2.41. The van der Waals surface area contributed by atoms with E-state index in [0.29, 0.717) is 24.7 Å². The molecule has 0 saturated carbocycles. The Labute approximate surface area is 162 Å². The van der Waals surface area contributed by atoms with E-state index in [1.54, 1.807) is 4.90 Å². The number of rotatable bonds is 2. The summed E-state index contributed by atoms with van der Waals surface area (Å²) in [6, 6.07) is 3.95. The predicted molar refractivity (Wildman–Crippen MR) is 104 cm³/mol. The van der Waals surface area contributed by atoms with E-state index in [2.05, 4.69) is 0 Å². The number of hydrogen-bond acceptors (Lipinski definition) is 5. The van der Waals surface area contributed by atoms with Gasteiger partial charge in [0.15, 0.2) is 0 Å². The molecule has 1 aromatic rings. The maximum absolute atomic E-state index is 12.2. The Morgan fingerprint density at radius 2 is 1.67 bits per heavy atom. The number of carbonyl (C=O) groups excluding carboxylic acids is 1. The Bertz CT molecular complexity index is 667. The van der Waals surface area contributed by atoms with Crippen molar-refractivity contribution in [1.82, 2.24) is 4.90 Å². The first-order valence-electron chi connectivity index (χ1n) is 9.81. The lowest BCUT2D eigenvalue weighted by Gasteiger charge is -2.32. The minimum Gasteiger partial charge on any atom is -0.469 e. The average molecular weight is 377 g/mol. The fourth-order valence-corrected chi connectivity index (χ4v) is 3.35. The zero-order valence-corrected chi connectivity index (χ0v) is 17.6. The maximum Gasteiger partial charge on any atom is 0.532 e. The van der Waals surface area contributed by atoms with Crippen LogP contribution in [0.1, 0.15) is 73.0 Å². The molecule has 150 valence electrons. The van der Waals surface area contributed by atoms with Crippen LogP contribution in [0.3, 0.4) is 0 Å². The Balaban J connectivity index is 1.58. The van der Waals surface area contributed by atoms with Crippen molar-refractivity contribution in [3.05, 3.63) is 17.9 Å². The van der Waals surface area contributed by atoms with Gasteiger partial charge in [0.05, 0.1) is 11.2 Å². The lowest BCUT2D eigenvalue weighted by atomic mass is 9.86. The van der Waals surface area contributed by atoms with Crippen LogP contribution in [0.25, 0.3) is 0 Å². The van der Waals surface area contributed by atoms with Crippen LogP contribution in [-0.2, 0) is 14.0 Å². The smallest absolute Gasteiger partial charge is 0.469 e. The molecule has 0 bridgehead atoms. The Kier molecular flexibility index (Phi) is 5.14. The molecule has 0 radical (unpaired) electrons. The summed E-state index contributed by atoms with van der Waals surface area (Å²) in [5, 5.41) is 0. The highest BCUT2D eigenvalue weighted by atomic mass is 16.7. The fourth-order valence-electron chi connectivity index (χ4n) is 3.35. The molecular formula is C20H32BNO5. The van der Waals surface area contributed by atoms with Crippen LogP contribution in [-0.4, -0.2) is 48.0 Å². The number of likely N-dealkylation sites (tertiary alicyclic amines) is 1. The van der Waals surface area contributed by atoms with Crippen LogP contribution >= 0.6 is 0 Å². The quantitative estimate of drug-likeness (QED) is 0.736. The maximum atomic E-state index is 12.2. The molecule has 0 spiro atoms. The summed E-state index contributed by atoms with van der Waals surface area (Å²) in [5.41, 5.74) is -0.530. The minimum atomic E-state index is -0.481. The molecule has 27 heavy (non-hydrogen) atoms. The molecule has 7 heteroatoms. The van der Waals surface area contributed by atoms with E-state index in [0.717, 1.165) is 18.6 Å². The van der Waals surface area contributed by atoms with Crippen molar-refractivity contribution in [1.29, 1.82) is 0 Å². The molecule has 3 heterocycles. The Hall–Kier alpha value is -1.47. The molecule has 2 fully saturated rings. The van der Waals surface area contributed by atoms with Gasteiger partial charge in [-0.1, -0.05) is 0 Å². The first kappa shape index (κ1) is 20.3. The molecule has 0 aromatic carbocycles. The Morgan fingerprint density at radius 3 is 2.19 bits per heavy atom. The van der Waals surface area contributed by atoms with Crippen molar-refractivity contribution in [2.24, 2.45) is 0 Å². The third kappa shape index (κ3) is 4.35. The second kappa shape index (κ2) is 6.85. The van der Waals surface area contributed by atoms with Gasteiger partial charge in [-0.2, -0.15) is 0 Å². The summed E-state index contributed by atoms with van der Waals surface area (Å²) < 4.78 is 23.7. The first-order valence-corrected chi connectivity index (χ1v) is 9.81. The molecule has 2 saturated heterocycles. The van der Waals surface area contributed by atoms with Gasteiger partial charge in [0.1, 0.15) is 17.0 Å². The van der Waals surface area contributed by atoms with Crippen LogP contribution in [0.5, 0.6) is 0 Å². The van der Waals surface area contributed by atoms with Crippen LogP contribution in [0, 0.1) is 0 Å². The van der Waals surface area contributed by atoms with Gasteiger partial charge in [-0.05, 0) is 73.4 Å². The predicted octanol–water partition coefficient (Wildman–Crippen LogP) is 3.69. The van der Waals surface area contributed by atoms with Crippen molar-refractivity contribution in [3.8, 4) is 0 Å². The summed E-state index contributed by atoms with van der Waals surface area (Å²) in [4.78, 5) is 14.0. The normalized spacial score (nSPS) is 22.9. The molecule has 0 N–H and O–H groups in total. The fraction of sp³-hybridized carbons (Fsp3) is 0.750. The van der Waals surface area contributed by atoms with E-state index < -0.39 is 12.7 Å². The van der Waals surface area contributed by atoms with Crippen LogP contribution < -0.4 is 5.66 Å². The van der Waals surface area contributed by atoms with E-state index in [4.69, 9.17) is 18.5 Å². The van der Waals surface area contributed by atoms with Gasteiger partial charge in [-0.3, -0.25) is 0 Å². The van der Waals surface area contributed by atoms with E-state index in [-0.39, 0.29) is 17.3 Å². The number of piperidine rings is 1. The highest BCUT2D eigenvalue weighted by Crippen LogP contribution is 2.37. The van der Waals surface area contributed by atoms with Crippen molar-refractivity contribution in [2.45, 2.75) is 84.0 Å². The lowest BCUT2D eigenvalue weighted by molar-refractivity contribution is 0.00578. The van der Waals surface area contributed by atoms with Crippen molar-refractivity contribution < 1.29 is 23.3 Å². The SMILES string of the molecule is CC(C)(C)OC(=O)N1CCC(c2ccc(B3OC(C)(C)C(C)(C)O3)o2)CC1. The van der Waals surface area contributed by atoms with Crippen molar-refractivity contribution in [3.63, 3.8) is 0 Å². The van der Waals surface area contributed by atoms with E-state index >= 15 is 0 Å². The Morgan fingerprint density at radius 1 is 1.11 bits per heavy atom. The van der Waals surface area contributed by atoms with Crippen LogP contribution in [0.15, 0.2) is 16.5 Å². The van der Waals surface area contributed by atoms with Gasteiger partial charge in [-0.25, -0.2) is 4.79 Å². The molecule has 1 aromatic heterocycles. The average Bonchev–Trinajstić information content (AvgIpc) is 3.09. The molecule has 1 amide bonds. The van der Waals surface area contributed by atoms with Gasteiger partial charge < -0.3 is 23.4 Å². The molecule has 3 rings (SSSR count). The molecular weight excluding hydrogens is 345 g/mol. The van der Waals surface area contributed by atoms with Gasteiger partial charge in [0.2, 0.25) is 0 Å². The highest BCUT2D eigenvalue weighted by molar-refractivity contribution is 6.60. The summed E-state index contributed by atoms with van der Waals surface area (Å²) in [6.07, 6.45) is 1.48. The number of nitrogens with zero attached hydrogens (tertiary/aromatic N) is 1. The van der Waals surface area contributed by atoms with Crippen LogP contribution in [0.4, 0.5) is 4.79 Å². The number of hydrogen-bond donors (Lipinski definition) is 0. The highest BCUT2D eigenvalue weighted by Gasteiger charge is 2.53. The van der Waals surface area contributed by atoms with Crippen LogP contribution in [0.2, 0.25) is 0 Å². The standard InChI is InChI=1S/C20H32BNO5/c1-18(2,3)25-17(23)22-12-10-14(11-13-22)15-8-9-16(24-15)21-26-19(4,5)20(6,7)27-21/h8-9,14H,10-13H2,1-7H3. The van der Waals surface area contributed by atoms with E-state index in [1.165, 1.54) is 0 Å². The van der Waals surface area contributed by atoms with Gasteiger partial charge in [0, 0.05) is 19.0 Å². The van der Waals surface area contributed by atoms with E-state index in [1.807, 2.05) is 60.6 Å². The summed E-state index contributed by atoms with van der Waals surface area (Å²) in [6.45, 7) is 15.1. The molecule has 0 atom stereocenters. The zero-order valence-electron chi connectivity index (χ0n) is 17.6. The topological polar surface area (TPSA) is 61.1 Å². The first-order chi connectivity index (χ1) is 12.4. The molecule has 6 nitrogen and oxygen atoms in total. The molecule has 0 unspecified atom stereocenters. The number of carbonyl (C=O) groups is 1. The minimum absolute atomic E-state index is 0.238. The zero-order chi connectivity index (χ0) is 20.0. The summed E-state index contributed by atoms with van der Waals surface area (Å²) >= 11 is 0. The molecule has 2 aliphatic heterocycles. The summed E-state index contributed by atoms with van der Waals surface area (Å²) in [5.74, 6) is 1.23. The van der Waals surface area contributed by atoms with E-state index in [9.17, 15) is 4.79 Å². The molecule has 2 aliphatic rings. The second-order valence-electron chi connectivity index (χ2n) is 9.57. The van der Waals surface area contributed by atoms with Gasteiger partial charge in [0.25, 0.3) is 0 Å². The third-order valence-electron chi connectivity index (χ3n) is 5.68. The molecule has 0 aliphatic carbocycles. The monoisotopic (exact) mass is 377 g/mol. The summed E-state index contributed by atoms with van der Waals surface area (Å²) in [7, 11) is -0.481. The number of furan rings is 1. The van der Waals surface area contributed by atoms with Crippen molar-refractivity contribution >= 4 is 18.9 Å². The van der Waals surface area contributed by atoms with Gasteiger partial charge in [-0.15, -0.1) is 0 Å². The van der Waals surface area contributed by atoms with Crippen molar-refractivity contribution in [2.75, 3.05) is 13.1 Å². The van der Waals surface area contributed by atoms with Gasteiger partial charge >= 0.3 is 13.2 Å². The number of ether oxygens (including phenoxy) is 1. The second-order valence-corrected chi connectivity index (χ2v) is 9.57. The largest absolute Gasteiger partial charge is 0.532 e. The third-order valence-corrected chi connectivity index (χ3v) is 5.68.